The van der Waals surface area contributed by atoms with Crippen LogP contribution in [-0.4, -0.2) is 48.7 Å². The molecule has 2 aliphatic rings. The van der Waals surface area contributed by atoms with Gasteiger partial charge in [0, 0.05) is 19.7 Å². The van der Waals surface area contributed by atoms with Gasteiger partial charge in [-0.15, -0.1) is 0 Å². The second kappa shape index (κ2) is 5.64. The van der Waals surface area contributed by atoms with Gasteiger partial charge in [-0.25, -0.2) is 0 Å². The SMILES string of the molecule is O=C(CNCC1CC1)N1CCC(CO)CC1. The summed E-state index contributed by atoms with van der Waals surface area (Å²) in [5.41, 5.74) is 0. The molecule has 1 aliphatic carbocycles. The molecular weight excluding hydrogens is 204 g/mol. The molecule has 0 bridgehead atoms. The van der Waals surface area contributed by atoms with E-state index in [-0.39, 0.29) is 12.5 Å². The Morgan fingerprint density at radius 3 is 2.44 bits per heavy atom. The molecule has 0 aromatic rings. The second-order valence-electron chi connectivity index (χ2n) is 5.08. The van der Waals surface area contributed by atoms with Crippen LogP contribution in [0.15, 0.2) is 0 Å². The first-order valence-corrected chi connectivity index (χ1v) is 6.39. The van der Waals surface area contributed by atoms with Crippen molar-refractivity contribution < 1.29 is 9.90 Å². The number of aliphatic hydroxyl groups excluding tert-OH is 1. The van der Waals surface area contributed by atoms with Gasteiger partial charge in [0.1, 0.15) is 0 Å². The summed E-state index contributed by atoms with van der Waals surface area (Å²) in [6.45, 7) is 3.38. The first-order valence-electron chi connectivity index (χ1n) is 6.39. The first kappa shape index (κ1) is 11.9. The number of amides is 1. The van der Waals surface area contributed by atoms with Crippen LogP contribution in [0, 0.1) is 11.8 Å². The van der Waals surface area contributed by atoms with E-state index in [0.717, 1.165) is 38.4 Å². The van der Waals surface area contributed by atoms with Gasteiger partial charge in [-0.05, 0) is 44.1 Å². The quantitative estimate of drug-likeness (QED) is 0.705. The highest BCUT2D eigenvalue weighted by atomic mass is 16.3. The summed E-state index contributed by atoms with van der Waals surface area (Å²) >= 11 is 0. The first-order chi connectivity index (χ1) is 7.79. The molecule has 92 valence electrons. The number of carbonyl (C=O) groups excluding carboxylic acids is 1. The Bertz CT molecular complexity index is 233. The molecule has 2 fully saturated rings. The van der Waals surface area contributed by atoms with E-state index in [1.165, 1.54) is 12.8 Å². The minimum Gasteiger partial charge on any atom is -0.396 e. The van der Waals surface area contributed by atoms with Crippen molar-refractivity contribution in [2.75, 3.05) is 32.8 Å². The third-order valence-corrected chi connectivity index (χ3v) is 3.63. The molecule has 1 saturated carbocycles. The number of piperidine rings is 1. The van der Waals surface area contributed by atoms with Crippen molar-refractivity contribution in [3.8, 4) is 0 Å². The zero-order valence-electron chi connectivity index (χ0n) is 9.82. The van der Waals surface area contributed by atoms with Crippen LogP contribution < -0.4 is 5.32 Å². The van der Waals surface area contributed by atoms with Gasteiger partial charge in [-0.2, -0.15) is 0 Å². The highest BCUT2D eigenvalue weighted by molar-refractivity contribution is 5.78. The van der Waals surface area contributed by atoms with Gasteiger partial charge < -0.3 is 15.3 Å². The molecule has 0 aromatic carbocycles. The third-order valence-electron chi connectivity index (χ3n) is 3.63. The maximum atomic E-state index is 11.8. The van der Waals surface area contributed by atoms with Gasteiger partial charge >= 0.3 is 0 Å². The summed E-state index contributed by atoms with van der Waals surface area (Å²) in [5, 5.41) is 12.2. The molecule has 0 unspecified atom stereocenters. The van der Waals surface area contributed by atoms with Crippen LogP contribution in [0.25, 0.3) is 0 Å². The Morgan fingerprint density at radius 1 is 1.19 bits per heavy atom. The lowest BCUT2D eigenvalue weighted by Gasteiger charge is -2.31. The molecule has 0 spiro atoms. The average Bonchev–Trinajstić information content (AvgIpc) is 3.13. The number of nitrogens with one attached hydrogen (secondary N) is 1. The highest BCUT2D eigenvalue weighted by Gasteiger charge is 2.23. The third kappa shape index (κ3) is 3.46. The second-order valence-corrected chi connectivity index (χ2v) is 5.08. The van der Waals surface area contributed by atoms with Crippen molar-refractivity contribution in [2.45, 2.75) is 25.7 Å². The number of carbonyl (C=O) groups is 1. The molecule has 2 N–H and O–H groups in total. The fourth-order valence-electron chi connectivity index (χ4n) is 2.18. The van der Waals surface area contributed by atoms with Crippen LogP contribution in [0.4, 0.5) is 0 Å². The van der Waals surface area contributed by atoms with Crippen molar-refractivity contribution >= 4 is 5.91 Å². The smallest absolute Gasteiger partial charge is 0.236 e. The van der Waals surface area contributed by atoms with Crippen molar-refractivity contribution in [1.29, 1.82) is 0 Å². The van der Waals surface area contributed by atoms with Gasteiger partial charge in [-0.1, -0.05) is 0 Å². The normalized spacial score (nSPS) is 22.4. The van der Waals surface area contributed by atoms with Crippen LogP contribution >= 0.6 is 0 Å². The minimum absolute atomic E-state index is 0.219. The summed E-state index contributed by atoms with van der Waals surface area (Å²) in [5.74, 6) is 1.45. The van der Waals surface area contributed by atoms with Gasteiger partial charge in [-0.3, -0.25) is 4.79 Å². The van der Waals surface area contributed by atoms with Crippen LogP contribution in [-0.2, 0) is 4.79 Å². The minimum atomic E-state index is 0.219. The van der Waals surface area contributed by atoms with E-state index in [1.54, 1.807) is 0 Å². The predicted molar refractivity (Wildman–Crippen MR) is 62.0 cm³/mol. The fourth-order valence-corrected chi connectivity index (χ4v) is 2.18. The summed E-state index contributed by atoms with van der Waals surface area (Å²) < 4.78 is 0. The Hall–Kier alpha value is -0.610. The Labute approximate surface area is 97.0 Å². The zero-order valence-corrected chi connectivity index (χ0v) is 9.82. The lowest BCUT2D eigenvalue weighted by atomic mass is 9.98. The summed E-state index contributed by atoms with van der Waals surface area (Å²) in [6.07, 6.45) is 4.54. The zero-order chi connectivity index (χ0) is 11.4. The molecular formula is C12H22N2O2. The fraction of sp³-hybridized carbons (Fsp3) is 0.917. The lowest BCUT2D eigenvalue weighted by molar-refractivity contribution is -0.131. The van der Waals surface area contributed by atoms with Crippen LogP contribution in [0.3, 0.4) is 0 Å². The molecule has 1 amide bonds. The molecule has 1 aliphatic heterocycles. The Kier molecular flexibility index (Phi) is 4.18. The van der Waals surface area contributed by atoms with Gasteiger partial charge in [0.15, 0.2) is 0 Å². The topological polar surface area (TPSA) is 52.6 Å². The van der Waals surface area contributed by atoms with Crippen molar-refractivity contribution in [2.24, 2.45) is 11.8 Å². The monoisotopic (exact) mass is 226 g/mol. The summed E-state index contributed by atoms with van der Waals surface area (Å²) in [6, 6.07) is 0. The van der Waals surface area contributed by atoms with Crippen molar-refractivity contribution in [3.63, 3.8) is 0 Å². The predicted octanol–water partition coefficient (Wildman–Crippen LogP) is 0.217. The van der Waals surface area contributed by atoms with E-state index >= 15 is 0 Å². The standard InChI is InChI=1S/C12H22N2O2/c15-9-11-3-5-14(6-4-11)12(16)8-13-7-10-1-2-10/h10-11,13,15H,1-9H2. The maximum Gasteiger partial charge on any atom is 0.236 e. The van der Waals surface area contributed by atoms with E-state index in [1.807, 2.05) is 4.90 Å². The van der Waals surface area contributed by atoms with E-state index in [4.69, 9.17) is 5.11 Å². The van der Waals surface area contributed by atoms with Crippen molar-refractivity contribution in [1.82, 2.24) is 10.2 Å². The van der Waals surface area contributed by atoms with E-state index in [0.29, 0.717) is 12.5 Å². The van der Waals surface area contributed by atoms with Gasteiger partial charge in [0.25, 0.3) is 0 Å². The Morgan fingerprint density at radius 2 is 1.88 bits per heavy atom. The Balaban J connectivity index is 1.61. The number of hydrogen-bond donors (Lipinski definition) is 2. The molecule has 1 saturated heterocycles. The molecule has 2 rings (SSSR count). The molecule has 0 radical (unpaired) electrons. The number of rotatable bonds is 5. The maximum absolute atomic E-state index is 11.8. The molecule has 1 heterocycles. The number of nitrogens with zero attached hydrogens (tertiary/aromatic N) is 1. The van der Waals surface area contributed by atoms with E-state index in [2.05, 4.69) is 5.32 Å². The largest absolute Gasteiger partial charge is 0.396 e. The summed E-state index contributed by atoms with van der Waals surface area (Å²) in [4.78, 5) is 13.7. The summed E-state index contributed by atoms with van der Waals surface area (Å²) in [7, 11) is 0. The molecule has 4 heteroatoms. The number of hydrogen-bond acceptors (Lipinski definition) is 3. The number of aliphatic hydroxyl groups is 1. The molecule has 16 heavy (non-hydrogen) atoms. The molecule has 0 aromatic heterocycles. The molecule has 0 atom stereocenters. The van der Waals surface area contributed by atoms with Crippen LogP contribution in [0.1, 0.15) is 25.7 Å². The van der Waals surface area contributed by atoms with Crippen LogP contribution in [0.5, 0.6) is 0 Å². The highest BCUT2D eigenvalue weighted by Crippen LogP contribution is 2.27. The lowest BCUT2D eigenvalue weighted by Crippen LogP contribution is -2.43. The average molecular weight is 226 g/mol. The van der Waals surface area contributed by atoms with Crippen LogP contribution in [0.2, 0.25) is 0 Å². The molecule has 4 nitrogen and oxygen atoms in total. The van der Waals surface area contributed by atoms with E-state index in [9.17, 15) is 4.79 Å². The van der Waals surface area contributed by atoms with Gasteiger partial charge in [0.2, 0.25) is 5.91 Å². The van der Waals surface area contributed by atoms with Crippen molar-refractivity contribution in [3.05, 3.63) is 0 Å². The number of likely N-dealkylation sites (tertiary alicyclic amines) is 1. The van der Waals surface area contributed by atoms with E-state index < -0.39 is 0 Å². The van der Waals surface area contributed by atoms with Gasteiger partial charge in [0.05, 0.1) is 6.54 Å².